The van der Waals surface area contributed by atoms with Crippen molar-refractivity contribution >= 4 is 17.6 Å². The van der Waals surface area contributed by atoms with Crippen LogP contribution in [0, 0.1) is 17.2 Å². The van der Waals surface area contributed by atoms with Crippen LogP contribution in [0.4, 0.5) is 0 Å². The third-order valence-electron chi connectivity index (χ3n) is 4.07. The van der Waals surface area contributed by atoms with Gasteiger partial charge in [-0.15, -0.1) is 0 Å². The number of rotatable bonds is 2. The van der Waals surface area contributed by atoms with Gasteiger partial charge in [0, 0.05) is 22.7 Å². The van der Waals surface area contributed by atoms with Crippen LogP contribution < -0.4 is 5.32 Å². The van der Waals surface area contributed by atoms with Gasteiger partial charge < -0.3 is 10.1 Å². The van der Waals surface area contributed by atoms with Crippen LogP contribution in [0.25, 0.3) is 0 Å². The van der Waals surface area contributed by atoms with Crippen molar-refractivity contribution in [1.29, 1.82) is 5.26 Å². The molecule has 1 aromatic rings. The van der Waals surface area contributed by atoms with Crippen LogP contribution in [0.2, 0.25) is 5.02 Å². The molecule has 0 radical (unpaired) electrons. The Bertz CT molecular complexity index is 713. The molecule has 1 N–H and O–H groups in total. The van der Waals surface area contributed by atoms with Gasteiger partial charge in [-0.1, -0.05) is 29.8 Å². The molecule has 0 saturated heterocycles. The number of esters is 1. The van der Waals surface area contributed by atoms with Crippen molar-refractivity contribution in [2.45, 2.75) is 52.2 Å². The molecule has 24 heavy (non-hydrogen) atoms. The number of carbonyl (C=O) groups excluding carboxylic acids is 1. The maximum Gasteiger partial charge on any atom is 0.336 e. The first kappa shape index (κ1) is 18.4. The summed E-state index contributed by atoms with van der Waals surface area (Å²) in [6, 6.07) is 9.59. The minimum absolute atomic E-state index is 0.0949. The zero-order valence-corrected chi connectivity index (χ0v) is 15.4. The van der Waals surface area contributed by atoms with E-state index in [1.807, 2.05) is 52.8 Å². The van der Waals surface area contributed by atoms with Gasteiger partial charge in [-0.3, -0.25) is 0 Å². The average molecular weight is 347 g/mol. The second kappa shape index (κ2) is 6.86. The van der Waals surface area contributed by atoms with E-state index < -0.39 is 23.4 Å². The van der Waals surface area contributed by atoms with Gasteiger partial charge in [-0.05, 0) is 46.2 Å². The molecule has 128 valence electrons. The summed E-state index contributed by atoms with van der Waals surface area (Å²) in [5.74, 6) is -1.25. The molecule has 0 fully saturated rings. The summed E-state index contributed by atoms with van der Waals surface area (Å²) in [7, 11) is 0. The monoisotopic (exact) mass is 346 g/mol. The molecule has 0 bridgehead atoms. The maximum absolute atomic E-state index is 12.8. The Morgan fingerprint density at radius 2 is 1.96 bits per heavy atom. The Morgan fingerprint density at radius 1 is 1.33 bits per heavy atom. The highest BCUT2D eigenvalue weighted by atomic mass is 35.5. The Kier molecular flexibility index (Phi) is 5.25. The van der Waals surface area contributed by atoms with Crippen molar-refractivity contribution in [2.24, 2.45) is 5.92 Å². The van der Waals surface area contributed by atoms with Gasteiger partial charge in [0.1, 0.15) is 5.60 Å². The van der Waals surface area contributed by atoms with E-state index in [-0.39, 0.29) is 6.04 Å². The minimum atomic E-state index is -0.611. The van der Waals surface area contributed by atoms with Gasteiger partial charge >= 0.3 is 5.97 Å². The molecule has 1 aromatic carbocycles. The number of nitrogens with zero attached hydrogens (tertiary/aromatic N) is 1. The highest BCUT2D eigenvalue weighted by molar-refractivity contribution is 6.31. The van der Waals surface area contributed by atoms with Gasteiger partial charge in [0.2, 0.25) is 0 Å². The molecule has 5 heteroatoms. The lowest BCUT2D eigenvalue weighted by Crippen LogP contribution is -2.44. The molecule has 0 saturated carbocycles. The number of nitrogens with one attached hydrogen (secondary N) is 1. The number of allylic oxidation sites excluding steroid dienone is 1. The number of benzene rings is 1. The van der Waals surface area contributed by atoms with Gasteiger partial charge in [0.05, 0.1) is 17.6 Å². The highest BCUT2D eigenvalue weighted by Crippen LogP contribution is 2.42. The van der Waals surface area contributed by atoms with Crippen LogP contribution in [-0.2, 0) is 9.53 Å². The number of carbonyl (C=O) groups is 1. The SMILES string of the molecule is CC1=C(C(=O)OC(C)(C)C)C(c2ccccc2Cl)C(C#N)C(C)N1. The van der Waals surface area contributed by atoms with Crippen LogP contribution in [0.3, 0.4) is 0 Å². The van der Waals surface area contributed by atoms with E-state index in [9.17, 15) is 10.1 Å². The van der Waals surface area contributed by atoms with Crippen LogP contribution in [-0.4, -0.2) is 17.6 Å². The third-order valence-corrected chi connectivity index (χ3v) is 4.41. The molecule has 4 nitrogen and oxygen atoms in total. The summed E-state index contributed by atoms with van der Waals surface area (Å²) in [5, 5.41) is 13.5. The zero-order chi connectivity index (χ0) is 18.1. The second-order valence-corrected chi connectivity index (χ2v) is 7.53. The highest BCUT2D eigenvalue weighted by Gasteiger charge is 2.41. The van der Waals surface area contributed by atoms with Crippen LogP contribution in [0.1, 0.15) is 46.1 Å². The van der Waals surface area contributed by atoms with E-state index in [1.165, 1.54) is 0 Å². The zero-order valence-electron chi connectivity index (χ0n) is 14.7. The fourth-order valence-corrected chi connectivity index (χ4v) is 3.34. The minimum Gasteiger partial charge on any atom is -0.457 e. The first-order chi connectivity index (χ1) is 11.2. The van der Waals surface area contributed by atoms with E-state index >= 15 is 0 Å². The summed E-state index contributed by atoms with van der Waals surface area (Å²) >= 11 is 6.37. The Hall–Kier alpha value is -1.99. The van der Waals surface area contributed by atoms with Gasteiger partial charge in [-0.2, -0.15) is 5.26 Å². The number of ether oxygens (including phenoxy) is 1. The lowest BCUT2D eigenvalue weighted by molar-refractivity contribution is -0.150. The molecular formula is C19H23ClN2O2. The number of nitriles is 1. The molecule has 0 spiro atoms. The van der Waals surface area contributed by atoms with Gasteiger partial charge in [0.25, 0.3) is 0 Å². The van der Waals surface area contributed by atoms with Crippen molar-refractivity contribution in [3.05, 3.63) is 46.1 Å². The fourth-order valence-electron chi connectivity index (χ4n) is 3.09. The maximum atomic E-state index is 12.8. The number of hydrogen-bond donors (Lipinski definition) is 1. The molecule has 1 heterocycles. The third kappa shape index (κ3) is 3.73. The molecule has 0 aliphatic carbocycles. The standard InChI is InChI=1S/C19H23ClN2O2/c1-11-14(10-21)17(13-8-6-7-9-15(13)20)16(12(2)22-11)18(23)24-19(3,4)5/h6-9,11,14,17,22H,1-5H3. The van der Waals surface area contributed by atoms with Crippen LogP contribution >= 0.6 is 11.6 Å². The predicted octanol–water partition coefficient (Wildman–Crippen LogP) is 4.17. The molecule has 2 rings (SSSR count). The van der Waals surface area contributed by atoms with Gasteiger partial charge in [-0.25, -0.2) is 4.79 Å². The molecule has 1 aliphatic rings. The molecular weight excluding hydrogens is 324 g/mol. The van der Waals surface area contributed by atoms with Crippen molar-refractivity contribution < 1.29 is 9.53 Å². The normalized spacial score (nSPS) is 24.1. The van der Waals surface area contributed by atoms with E-state index in [0.717, 1.165) is 11.3 Å². The largest absolute Gasteiger partial charge is 0.457 e. The van der Waals surface area contributed by atoms with Crippen molar-refractivity contribution in [2.75, 3.05) is 0 Å². The van der Waals surface area contributed by atoms with Crippen molar-refractivity contribution in [3.63, 3.8) is 0 Å². The Labute approximate surface area is 148 Å². The average Bonchev–Trinajstić information content (AvgIpc) is 2.45. The topological polar surface area (TPSA) is 62.1 Å². The molecule has 3 unspecified atom stereocenters. The molecule has 3 atom stereocenters. The first-order valence-electron chi connectivity index (χ1n) is 8.00. The summed E-state index contributed by atoms with van der Waals surface area (Å²) < 4.78 is 5.58. The number of halogens is 1. The Morgan fingerprint density at radius 3 is 2.50 bits per heavy atom. The lowest BCUT2D eigenvalue weighted by Gasteiger charge is -2.37. The van der Waals surface area contributed by atoms with Crippen molar-refractivity contribution in [1.82, 2.24) is 5.32 Å². The quantitative estimate of drug-likeness (QED) is 0.816. The van der Waals surface area contributed by atoms with E-state index in [1.54, 1.807) is 6.07 Å². The number of hydrogen-bond acceptors (Lipinski definition) is 4. The first-order valence-corrected chi connectivity index (χ1v) is 8.38. The summed E-state index contributed by atoms with van der Waals surface area (Å²) in [4.78, 5) is 12.8. The van der Waals surface area contributed by atoms with E-state index in [4.69, 9.17) is 16.3 Å². The van der Waals surface area contributed by atoms with Gasteiger partial charge in [0.15, 0.2) is 0 Å². The predicted molar refractivity (Wildman–Crippen MR) is 94.4 cm³/mol. The lowest BCUT2D eigenvalue weighted by atomic mass is 9.74. The molecule has 1 aliphatic heterocycles. The van der Waals surface area contributed by atoms with Crippen LogP contribution in [0.5, 0.6) is 0 Å². The smallest absolute Gasteiger partial charge is 0.336 e. The second-order valence-electron chi connectivity index (χ2n) is 7.13. The van der Waals surface area contributed by atoms with Crippen molar-refractivity contribution in [3.8, 4) is 6.07 Å². The van der Waals surface area contributed by atoms with E-state index in [0.29, 0.717) is 10.6 Å². The summed E-state index contributed by atoms with van der Waals surface area (Å²) in [5.41, 5.74) is 1.37. The van der Waals surface area contributed by atoms with E-state index in [2.05, 4.69) is 11.4 Å². The fraction of sp³-hybridized carbons (Fsp3) is 0.474. The molecule has 0 amide bonds. The summed E-state index contributed by atoms with van der Waals surface area (Å²) in [6.45, 7) is 9.25. The Balaban J connectivity index is 2.59. The summed E-state index contributed by atoms with van der Waals surface area (Å²) in [6.07, 6.45) is 0. The molecule has 0 aromatic heterocycles. The van der Waals surface area contributed by atoms with Crippen LogP contribution in [0.15, 0.2) is 35.5 Å².